The Bertz CT molecular complexity index is 390. The normalized spacial score (nSPS) is 26.6. The van der Waals surface area contributed by atoms with E-state index in [1.807, 2.05) is 13.8 Å². The quantitative estimate of drug-likeness (QED) is 0.791. The van der Waals surface area contributed by atoms with Crippen molar-refractivity contribution in [3.63, 3.8) is 0 Å². The molecule has 2 fully saturated rings. The summed E-state index contributed by atoms with van der Waals surface area (Å²) in [5.74, 6) is 0.819. The zero-order chi connectivity index (χ0) is 13.8. The van der Waals surface area contributed by atoms with Gasteiger partial charge in [0.1, 0.15) is 0 Å². The summed E-state index contributed by atoms with van der Waals surface area (Å²) in [5, 5.41) is 0. The number of hydrogen-bond acceptors (Lipinski definition) is 2. The van der Waals surface area contributed by atoms with Gasteiger partial charge in [-0.1, -0.05) is 32.0 Å². The van der Waals surface area contributed by atoms with Gasteiger partial charge in [-0.05, 0) is 44.2 Å². The van der Waals surface area contributed by atoms with Gasteiger partial charge >= 0.3 is 0 Å². The van der Waals surface area contributed by atoms with Crippen molar-refractivity contribution in [1.29, 1.82) is 0 Å². The highest BCUT2D eigenvalue weighted by molar-refractivity contribution is 5.56. The second-order valence-electron chi connectivity index (χ2n) is 5.50. The first kappa shape index (κ1) is 14.4. The van der Waals surface area contributed by atoms with Crippen LogP contribution in [0.5, 0.6) is 0 Å². The lowest BCUT2D eigenvalue weighted by molar-refractivity contribution is -0.00526. The summed E-state index contributed by atoms with van der Waals surface area (Å²) >= 11 is 0. The summed E-state index contributed by atoms with van der Waals surface area (Å²) in [6.45, 7) is 10.4. The Balaban J connectivity index is 0.000000637. The molecule has 0 N–H and O–H groups in total. The fourth-order valence-electron chi connectivity index (χ4n) is 2.89. The molecular formula is C17H27NO. The molecule has 1 aliphatic heterocycles. The predicted octanol–water partition coefficient (Wildman–Crippen LogP) is 4.20. The van der Waals surface area contributed by atoms with Crippen molar-refractivity contribution in [2.45, 2.75) is 58.7 Å². The number of morpholine rings is 1. The third-order valence-electron chi connectivity index (χ3n) is 3.71. The van der Waals surface area contributed by atoms with Gasteiger partial charge in [0.2, 0.25) is 0 Å². The van der Waals surface area contributed by atoms with Gasteiger partial charge in [-0.3, -0.25) is 0 Å². The van der Waals surface area contributed by atoms with Crippen LogP contribution in [0.2, 0.25) is 0 Å². The highest BCUT2D eigenvalue weighted by Gasteiger charge is 2.29. The van der Waals surface area contributed by atoms with Crippen LogP contribution >= 0.6 is 0 Å². The molecule has 0 amide bonds. The van der Waals surface area contributed by atoms with Crippen LogP contribution < -0.4 is 4.90 Å². The molecule has 2 heteroatoms. The molecule has 106 valence electrons. The molecule has 1 aromatic rings. The van der Waals surface area contributed by atoms with Gasteiger partial charge in [-0.2, -0.15) is 0 Å². The molecule has 2 aliphatic rings. The molecule has 2 unspecified atom stereocenters. The third kappa shape index (κ3) is 3.50. The lowest BCUT2D eigenvalue weighted by Gasteiger charge is -2.37. The Labute approximate surface area is 117 Å². The molecule has 0 radical (unpaired) electrons. The van der Waals surface area contributed by atoms with Crippen LogP contribution in [-0.2, 0) is 4.74 Å². The van der Waals surface area contributed by atoms with E-state index in [9.17, 15) is 0 Å². The first-order valence-electron chi connectivity index (χ1n) is 7.73. The van der Waals surface area contributed by atoms with Crippen LogP contribution in [0.15, 0.2) is 24.3 Å². The average molecular weight is 261 g/mol. The van der Waals surface area contributed by atoms with E-state index in [0.29, 0.717) is 12.2 Å². The summed E-state index contributed by atoms with van der Waals surface area (Å²) in [7, 11) is 0. The predicted molar refractivity (Wildman–Crippen MR) is 82.0 cm³/mol. The van der Waals surface area contributed by atoms with Gasteiger partial charge < -0.3 is 9.64 Å². The Morgan fingerprint density at radius 1 is 1.00 bits per heavy atom. The molecule has 2 nitrogen and oxygen atoms in total. The fourth-order valence-corrected chi connectivity index (χ4v) is 2.89. The van der Waals surface area contributed by atoms with Crippen molar-refractivity contribution in [1.82, 2.24) is 0 Å². The van der Waals surface area contributed by atoms with E-state index in [4.69, 9.17) is 4.74 Å². The number of para-hydroxylation sites is 1. The average Bonchev–Trinajstić information content (AvgIpc) is 3.24. The highest BCUT2D eigenvalue weighted by Crippen LogP contribution is 2.44. The van der Waals surface area contributed by atoms with Crippen LogP contribution in [0.4, 0.5) is 5.69 Å². The first-order valence-corrected chi connectivity index (χ1v) is 7.73. The van der Waals surface area contributed by atoms with E-state index in [1.165, 1.54) is 18.5 Å². The molecule has 0 spiro atoms. The van der Waals surface area contributed by atoms with E-state index in [-0.39, 0.29) is 0 Å². The number of hydrogen-bond donors (Lipinski definition) is 0. The smallest absolute Gasteiger partial charge is 0.0726 e. The van der Waals surface area contributed by atoms with Crippen molar-refractivity contribution in [2.75, 3.05) is 18.0 Å². The van der Waals surface area contributed by atoms with Crippen molar-refractivity contribution >= 4 is 5.69 Å². The molecule has 1 saturated carbocycles. The maximum Gasteiger partial charge on any atom is 0.0726 e. The van der Waals surface area contributed by atoms with Crippen LogP contribution in [-0.4, -0.2) is 25.3 Å². The summed E-state index contributed by atoms with van der Waals surface area (Å²) < 4.78 is 5.81. The minimum absolute atomic E-state index is 0.339. The summed E-state index contributed by atoms with van der Waals surface area (Å²) in [4.78, 5) is 2.51. The number of rotatable bonds is 2. The van der Waals surface area contributed by atoms with E-state index in [0.717, 1.165) is 19.0 Å². The second-order valence-corrected chi connectivity index (χ2v) is 5.50. The number of benzene rings is 1. The van der Waals surface area contributed by atoms with E-state index in [1.54, 1.807) is 5.56 Å². The largest absolute Gasteiger partial charge is 0.372 e. The van der Waals surface area contributed by atoms with E-state index in [2.05, 4.69) is 43.0 Å². The molecular weight excluding hydrogens is 234 g/mol. The Hall–Kier alpha value is -1.02. The Kier molecular flexibility index (Phi) is 4.87. The van der Waals surface area contributed by atoms with Crippen molar-refractivity contribution in [3.8, 4) is 0 Å². The highest BCUT2D eigenvalue weighted by atomic mass is 16.5. The summed E-state index contributed by atoms with van der Waals surface area (Å²) in [6, 6.07) is 8.91. The number of nitrogens with zero attached hydrogens (tertiary/aromatic N) is 1. The number of anilines is 1. The van der Waals surface area contributed by atoms with E-state index < -0.39 is 0 Å². The Morgan fingerprint density at radius 3 is 2.16 bits per heavy atom. The molecule has 1 heterocycles. The van der Waals surface area contributed by atoms with Crippen LogP contribution in [0, 0.1) is 0 Å². The van der Waals surface area contributed by atoms with Gasteiger partial charge in [0.05, 0.1) is 12.2 Å². The maximum absolute atomic E-state index is 5.81. The zero-order valence-corrected chi connectivity index (χ0v) is 12.7. The SMILES string of the molecule is CC.CC1CN(c2ccccc2C2CC2)CC(C)O1. The summed E-state index contributed by atoms with van der Waals surface area (Å²) in [5.41, 5.74) is 2.99. The van der Waals surface area contributed by atoms with Crippen molar-refractivity contribution in [3.05, 3.63) is 29.8 Å². The molecule has 1 aromatic carbocycles. The lowest BCUT2D eigenvalue weighted by Crippen LogP contribution is -2.45. The summed E-state index contributed by atoms with van der Waals surface area (Å²) in [6.07, 6.45) is 3.41. The molecule has 0 aromatic heterocycles. The molecule has 2 atom stereocenters. The molecule has 1 aliphatic carbocycles. The van der Waals surface area contributed by atoms with E-state index >= 15 is 0 Å². The lowest BCUT2D eigenvalue weighted by atomic mass is 10.1. The fraction of sp³-hybridized carbons (Fsp3) is 0.647. The van der Waals surface area contributed by atoms with Crippen LogP contribution in [0.1, 0.15) is 52.0 Å². The standard InChI is InChI=1S/C15H21NO.C2H6/c1-11-9-16(10-12(2)17-11)15-6-4-3-5-14(15)13-7-8-13;1-2/h3-6,11-13H,7-10H2,1-2H3;1-2H3. The number of ether oxygens (including phenoxy) is 1. The molecule has 1 saturated heterocycles. The van der Waals surface area contributed by atoms with Crippen LogP contribution in [0.3, 0.4) is 0 Å². The van der Waals surface area contributed by atoms with Gasteiger partial charge in [-0.15, -0.1) is 0 Å². The minimum Gasteiger partial charge on any atom is -0.372 e. The first-order chi connectivity index (χ1) is 9.24. The van der Waals surface area contributed by atoms with Crippen molar-refractivity contribution in [2.24, 2.45) is 0 Å². The topological polar surface area (TPSA) is 12.5 Å². The molecule has 3 rings (SSSR count). The van der Waals surface area contributed by atoms with Gasteiger partial charge in [0, 0.05) is 18.8 Å². The van der Waals surface area contributed by atoms with Gasteiger partial charge in [-0.25, -0.2) is 0 Å². The minimum atomic E-state index is 0.339. The van der Waals surface area contributed by atoms with Gasteiger partial charge in [0.25, 0.3) is 0 Å². The zero-order valence-electron chi connectivity index (χ0n) is 12.7. The van der Waals surface area contributed by atoms with Gasteiger partial charge in [0.15, 0.2) is 0 Å². The third-order valence-corrected chi connectivity index (χ3v) is 3.71. The van der Waals surface area contributed by atoms with Crippen LogP contribution in [0.25, 0.3) is 0 Å². The Morgan fingerprint density at radius 2 is 1.58 bits per heavy atom. The maximum atomic E-state index is 5.81. The molecule has 0 bridgehead atoms. The molecule has 19 heavy (non-hydrogen) atoms. The monoisotopic (exact) mass is 261 g/mol. The van der Waals surface area contributed by atoms with Crippen molar-refractivity contribution < 1.29 is 4.74 Å². The second kappa shape index (κ2) is 6.42.